The Labute approximate surface area is 101 Å². The quantitative estimate of drug-likeness (QED) is 0.697. The van der Waals surface area contributed by atoms with Gasteiger partial charge in [0.15, 0.2) is 0 Å². The smallest absolute Gasteiger partial charge is 0.0479 e. The molecule has 0 atom stereocenters. The summed E-state index contributed by atoms with van der Waals surface area (Å²) in [6, 6.07) is 19.4. The van der Waals surface area contributed by atoms with Gasteiger partial charge in [-0.3, -0.25) is 0 Å². The highest BCUT2D eigenvalue weighted by Crippen LogP contribution is 2.22. The molecule has 3 aromatic rings. The summed E-state index contributed by atoms with van der Waals surface area (Å²) in [4.78, 5) is 0. The van der Waals surface area contributed by atoms with Crippen LogP contribution < -0.4 is 5.32 Å². The van der Waals surface area contributed by atoms with Crippen molar-refractivity contribution in [2.24, 2.45) is 7.05 Å². The molecule has 0 aliphatic rings. The van der Waals surface area contributed by atoms with E-state index in [2.05, 4.69) is 53.5 Å². The fourth-order valence-corrected chi connectivity index (χ4v) is 2.00. The number of rotatable bonds is 2. The Hall–Kier alpha value is -2.22. The van der Waals surface area contributed by atoms with Crippen molar-refractivity contribution in [3.8, 4) is 0 Å². The molecule has 0 saturated heterocycles. The molecular weight excluding hydrogens is 208 g/mol. The van der Waals surface area contributed by atoms with Crippen molar-refractivity contribution in [3.63, 3.8) is 0 Å². The van der Waals surface area contributed by atoms with Crippen LogP contribution in [0.2, 0.25) is 0 Å². The lowest BCUT2D eigenvalue weighted by molar-refractivity contribution is 0.969. The normalized spacial score (nSPS) is 10.6. The Morgan fingerprint density at radius 2 is 2.06 bits per heavy atom. The van der Waals surface area contributed by atoms with E-state index in [1.54, 1.807) is 0 Å². The first kappa shape index (κ1) is 9.97. The molecule has 2 nitrogen and oxygen atoms in total. The SMILES string of the molecule is Cn1ccc2cc(Nc3c[c]ccc3)ccc21. The Morgan fingerprint density at radius 3 is 2.88 bits per heavy atom. The van der Waals surface area contributed by atoms with Crippen LogP contribution in [0.1, 0.15) is 0 Å². The van der Waals surface area contributed by atoms with Gasteiger partial charge in [-0.15, -0.1) is 0 Å². The van der Waals surface area contributed by atoms with E-state index in [9.17, 15) is 0 Å². The van der Waals surface area contributed by atoms with Gasteiger partial charge in [0.25, 0.3) is 0 Å². The van der Waals surface area contributed by atoms with Gasteiger partial charge in [0.1, 0.15) is 0 Å². The molecule has 0 aliphatic carbocycles. The molecule has 1 heterocycles. The van der Waals surface area contributed by atoms with Crippen molar-refractivity contribution >= 4 is 22.3 Å². The van der Waals surface area contributed by atoms with E-state index < -0.39 is 0 Å². The minimum absolute atomic E-state index is 1.06. The standard InChI is InChI=1S/C15H13N2/c1-17-10-9-12-11-14(7-8-15(12)17)16-13-5-3-2-4-6-13/h2-3,5-11,16H,1H3. The Kier molecular flexibility index (Phi) is 2.33. The molecular formula is C15H13N2. The molecule has 1 radical (unpaired) electrons. The lowest BCUT2D eigenvalue weighted by Gasteiger charge is -2.06. The van der Waals surface area contributed by atoms with Gasteiger partial charge in [-0.2, -0.15) is 0 Å². The molecule has 17 heavy (non-hydrogen) atoms. The van der Waals surface area contributed by atoms with Crippen molar-refractivity contribution in [3.05, 3.63) is 60.8 Å². The summed E-state index contributed by atoms with van der Waals surface area (Å²) in [7, 11) is 2.06. The van der Waals surface area contributed by atoms with Gasteiger partial charge in [-0.1, -0.05) is 12.1 Å². The molecule has 2 aromatic carbocycles. The van der Waals surface area contributed by atoms with Crippen molar-refractivity contribution in [2.45, 2.75) is 0 Å². The molecule has 0 bridgehead atoms. The van der Waals surface area contributed by atoms with E-state index in [1.165, 1.54) is 10.9 Å². The summed E-state index contributed by atoms with van der Waals surface area (Å²) in [5, 5.41) is 4.61. The van der Waals surface area contributed by atoms with Gasteiger partial charge in [0.05, 0.1) is 0 Å². The van der Waals surface area contributed by atoms with Crippen molar-refractivity contribution in [1.29, 1.82) is 0 Å². The first-order valence-corrected chi connectivity index (χ1v) is 5.61. The van der Waals surface area contributed by atoms with Crippen LogP contribution in [-0.4, -0.2) is 4.57 Å². The minimum Gasteiger partial charge on any atom is -0.355 e. The van der Waals surface area contributed by atoms with E-state index in [0.717, 1.165) is 11.4 Å². The predicted octanol–water partition coefficient (Wildman–Crippen LogP) is 3.72. The molecule has 0 fully saturated rings. The number of fused-ring (bicyclic) bond motifs is 1. The summed E-state index contributed by atoms with van der Waals surface area (Å²) < 4.78 is 2.12. The van der Waals surface area contributed by atoms with Crippen LogP contribution in [0.25, 0.3) is 10.9 Å². The van der Waals surface area contributed by atoms with Gasteiger partial charge < -0.3 is 9.88 Å². The van der Waals surface area contributed by atoms with Gasteiger partial charge in [0.2, 0.25) is 0 Å². The molecule has 0 amide bonds. The highest BCUT2D eigenvalue weighted by atomic mass is 14.9. The third-order valence-electron chi connectivity index (χ3n) is 2.88. The van der Waals surface area contributed by atoms with Crippen LogP contribution in [0.3, 0.4) is 0 Å². The topological polar surface area (TPSA) is 17.0 Å². The van der Waals surface area contributed by atoms with Crippen molar-refractivity contribution in [2.75, 3.05) is 5.32 Å². The van der Waals surface area contributed by atoms with Crippen LogP contribution in [-0.2, 0) is 7.05 Å². The van der Waals surface area contributed by atoms with E-state index >= 15 is 0 Å². The van der Waals surface area contributed by atoms with Gasteiger partial charge in [-0.25, -0.2) is 0 Å². The molecule has 0 saturated carbocycles. The summed E-state index contributed by atoms with van der Waals surface area (Å²) >= 11 is 0. The van der Waals surface area contributed by atoms with E-state index in [1.807, 2.05) is 24.3 Å². The molecule has 0 unspecified atom stereocenters. The molecule has 3 rings (SSSR count). The number of benzene rings is 2. The van der Waals surface area contributed by atoms with Gasteiger partial charge in [0, 0.05) is 35.5 Å². The Morgan fingerprint density at radius 1 is 1.12 bits per heavy atom. The van der Waals surface area contributed by atoms with E-state index in [0.29, 0.717) is 0 Å². The maximum Gasteiger partial charge on any atom is 0.0479 e. The Balaban J connectivity index is 1.96. The highest BCUT2D eigenvalue weighted by Gasteiger charge is 1.99. The average Bonchev–Trinajstić information content (AvgIpc) is 2.72. The average molecular weight is 221 g/mol. The summed E-state index contributed by atoms with van der Waals surface area (Å²) in [5.41, 5.74) is 3.40. The molecule has 0 spiro atoms. The second-order valence-electron chi connectivity index (χ2n) is 4.12. The van der Waals surface area contributed by atoms with Crippen LogP contribution >= 0.6 is 0 Å². The van der Waals surface area contributed by atoms with Crippen LogP contribution in [0.15, 0.2) is 54.7 Å². The maximum atomic E-state index is 3.36. The molecule has 83 valence electrons. The van der Waals surface area contributed by atoms with Crippen molar-refractivity contribution < 1.29 is 0 Å². The monoisotopic (exact) mass is 221 g/mol. The molecule has 2 heteroatoms. The summed E-state index contributed by atoms with van der Waals surface area (Å²) in [5.74, 6) is 0. The number of hydrogen-bond acceptors (Lipinski definition) is 1. The zero-order valence-electron chi connectivity index (χ0n) is 9.64. The van der Waals surface area contributed by atoms with Crippen LogP contribution in [0, 0.1) is 6.07 Å². The number of aromatic nitrogens is 1. The van der Waals surface area contributed by atoms with Crippen LogP contribution in [0.4, 0.5) is 11.4 Å². The number of hydrogen-bond donors (Lipinski definition) is 1. The molecule has 1 aromatic heterocycles. The zero-order valence-corrected chi connectivity index (χ0v) is 9.64. The lowest BCUT2D eigenvalue weighted by Crippen LogP contribution is -1.90. The lowest BCUT2D eigenvalue weighted by atomic mass is 10.2. The fraction of sp³-hybridized carbons (Fsp3) is 0.0667. The maximum absolute atomic E-state index is 3.36. The number of anilines is 2. The second kappa shape index (κ2) is 3.98. The Bertz CT molecular complexity index is 638. The van der Waals surface area contributed by atoms with Crippen LogP contribution in [0.5, 0.6) is 0 Å². The highest BCUT2D eigenvalue weighted by molar-refractivity contribution is 5.84. The number of nitrogens with one attached hydrogen (secondary N) is 1. The summed E-state index contributed by atoms with van der Waals surface area (Å²) in [6.07, 6.45) is 2.07. The predicted molar refractivity (Wildman–Crippen MR) is 71.5 cm³/mol. The zero-order chi connectivity index (χ0) is 11.7. The first-order valence-electron chi connectivity index (χ1n) is 5.61. The van der Waals surface area contributed by atoms with Gasteiger partial charge >= 0.3 is 0 Å². The van der Waals surface area contributed by atoms with Gasteiger partial charge in [-0.05, 0) is 42.5 Å². The molecule has 0 aliphatic heterocycles. The second-order valence-corrected chi connectivity index (χ2v) is 4.12. The minimum atomic E-state index is 1.06. The van der Waals surface area contributed by atoms with E-state index in [4.69, 9.17) is 0 Å². The number of nitrogens with zero attached hydrogens (tertiary/aromatic N) is 1. The molecule has 1 N–H and O–H groups in total. The third-order valence-corrected chi connectivity index (χ3v) is 2.88. The van der Waals surface area contributed by atoms with E-state index in [-0.39, 0.29) is 0 Å². The summed E-state index contributed by atoms with van der Waals surface area (Å²) in [6.45, 7) is 0. The van der Waals surface area contributed by atoms with Crippen molar-refractivity contribution in [1.82, 2.24) is 4.57 Å². The fourth-order valence-electron chi connectivity index (χ4n) is 2.00. The third kappa shape index (κ3) is 1.89. The number of aryl methyl sites for hydroxylation is 1. The first-order chi connectivity index (χ1) is 8.33. The largest absolute Gasteiger partial charge is 0.355 e.